The van der Waals surface area contributed by atoms with Crippen molar-refractivity contribution in [3.05, 3.63) is 0 Å². The van der Waals surface area contributed by atoms with Crippen molar-refractivity contribution < 1.29 is 20.4 Å². The summed E-state index contributed by atoms with van der Waals surface area (Å²) in [6.07, 6.45) is 5.29. The smallest absolute Gasteiger partial charge is 0.0910 e. The standard InChI is InChI=1S/C20H34O4/c1-17(2)14-6-7-19-8-12(20(24,10-19)11-21)4-5-15(19)18(14,3)9-13(22)16(17)23/h12-16,21-24H,4-11H2,1-3H3. The van der Waals surface area contributed by atoms with Gasteiger partial charge in [-0.1, -0.05) is 20.8 Å². The van der Waals surface area contributed by atoms with Gasteiger partial charge < -0.3 is 20.4 Å². The fourth-order valence-corrected chi connectivity index (χ4v) is 8.17. The number of hydrogen-bond donors (Lipinski definition) is 4. The lowest BCUT2D eigenvalue weighted by molar-refractivity contribution is -0.217. The zero-order valence-corrected chi connectivity index (χ0v) is 15.3. The second kappa shape index (κ2) is 4.97. The van der Waals surface area contributed by atoms with Crippen molar-refractivity contribution in [2.45, 2.75) is 83.5 Å². The molecule has 4 heteroatoms. The minimum absolute atomic E-state index is 0.00602. The molecule has 4 nitrogen and oxygen atoms in total. The van der Waals surface area contributed by atoms with Crippen molar-refractivity contribution in [3.63, 3.8) is 0 Å². The largest absolute Gasteiger partial charge is 0.393 e. The van der Waals surface area contributed by atoms with Gasteiger partial charge >= 0.3 is 0 Å². The second-order valence-corrected chi connectivity index (χ2v) is 10.5. The first kappa shape index (κ1) is 17.3. The van der Waals surface area contributed by atoms with E-state index >= 15 is 0 Å². The van der Waals surface area contributed by atoms with Gasteiger partial charge in [-0.15, -0.1) is 0 Å². The van der Waals surface area contributed by atoms with Crippen LogP contribution in [0.15, 0.2) is 0 Å². The Kier molecular flexibility index (Phi) is 3.57. The lowest BCUT2D eigenvalue weighted by atomic mass is 9.40. The molecule has 4 aliphatic rings. The van der Waals surface area contributed by atoms with Gasteiger partial charge in [0.05, 0.1) is 24.4 Å². The summed E-state index contributed by atoms with van der Waals surface area (Å²) in [6, 6.07) is 0. The Balaban J connectivity index is 1.74. The Bertz CT molecular complexity index is 534. The fourth-order valence-electron chi connectivity index (χ4n) is 8.17. The van der Waals surface area contributed by atoms with E-state index in [0.717, 1.165) is 32.1 Å². The Hall–Kier alpha value is -0.160. The summed E-state index contributed by atoms with van der Waals surface area (Å²) in [6.45, 7) is 6.44. The lowest BCUT2D eigenvalue weighted by Crippen LogP contribution is -2.63. The molecule has 0 aromatic carbocycles. The highest BCUT2D eigenvalue weighted by Crippen LogP contribution is 2.72. The van der Waals surface area contributed by atoms with E-state index < -0.39 is 17.8 Å². The van der Waals surface area contributed by atoms with Crippen LogP contribution in [0, 0.1) is 34.0 Å². The van der Waals surface area contributed by atoms with E-state index in [1.807, 2.05) is 0 Å². The lowest BCUT2D eigenvalue weighted by Gasteiger charge is -2.65. The van der Waals surface area contributed by atoms with Gasteiger partial charge in [-0.3, -0.25) is 0 Å². The zero-order chi connectivity index (χ0) is 17.5. The van der Waals surface area contributed by atoms with E-state index in [2.05, 4.69) is 20.8 Å². The van der Waals surface area contributed by atoms with Crippen LogP contribution in [0.2, 0.25) is 0 Å². The van der Waals surface area contributed by atoms with E-state index in [-0.39, 0.29) is 28.8 Å². The first-order valence-electron chi connectivity index (χ1n) is 9.78. The van der Waals surface area contributed by atoms with Gasteiger partial charge in [-0.05, 0) is 78.9 Å². The van der Waals surface area contributed by atoms with E-state index in [9.17, 15) is 20.4 Å². The van der Waals surface area contributed by atoms with Crippen molar-refractivity contribution in [1.82, 2.24) is 0 Å². The molecule has 0 aliphatic heterocycles. The summed E-state index contributed by atoms with van der Waals surface area (Å²) in [5.41, 5.74) is -1.06. The maximum atomic E-state index is 10.9. The molecule has 0 aromatic rings. The second-order valence-electron chi connectivity index (χ2n) is 10.5. The molecule has 1 spiro atoms. The minimum atomic E-state index is -0.903. The fraction of sp³-hybridized carbons (Fsp3) is 1.00. The molecule has 4 fully saturated rings. The molecule has 0 heterocycles. The van der Waals surface area contributed by atoms with Crippen LogP contribution in [0.4, 0.5) is 0 Å². The molecule has 8 atom stereocenters. The molecule has 4 N–H and O–H groups in total. The quantitative estimate of drug-likeness (QED) is 0.590. The van der Waals surface area contributed by atoms with Crippen molar-refractivity contribution in [2.24, 2.45) is 34.0 Å². The van der Waals surface area contributed by atoms with Crippen LogP contribution in [0.1, 0.15) is 65.7 Å². The molecule has 138 valence electrons. The third kappa shape index (κ3) is 1.94. The minimum Gasteiger partial charge on any atom is -0.393 e. The van der Waals surface area contributed by atoms with Gasteiger partial charge in [0.15, 0.2) is 0 Å². The third-order valence-electron chi connectivity index (χ3n) is 9.08. The predicted molar refractivity (Wildman–Crippen MR) is 91.2 cm³/mol. The van der Waals surface area contributed by atoms with Crippen LogP contribution in [-0.4, -0.2) is 44.8 Å². The van der Waals surface area contributed by atoms with Gasteiger partial charge in [0, 0.05) is 0 Å². The molecular weight excluding hydrogens is 304 g/mol. The average molecular weight is 338 g/mol. The molecule has 0 radical (unpaired) electrons. The topological polar surface area (TPSA) is 80.9 Å². The van der Waals surface area contributed by atoms with E-state index in [1.165, 1.54) is 0 Å². The molecule has 4 aliphatic carbocycles. The summed E-state index contributed by atoms with van der Waals surface area (Å²) >= 11 is 0. The van der Waals surface area contributed by atoms with Crippen molar-refractivity contribution in [2.75, 3.05) is 6.61 Å². The Morgan fingerprint density at radius 1 is 0.958 bits per heavy atom. The van der Waals surface area contributed by atoms with Crippen LogP contribution in [0.5, 0.6) is 0 Å². The zero-order valence-electron chi connectivity index (χ0n) is 15.3. The van der Waals surface area contributed by atoms with Crippen LogP contribution in [-0.2, 0) is 0 Å². The number of fused-ring (bicyclic) bond motifs is 3. The van der Waals surface area contributed by atoms with Gasteiger partial charge in [-0.25, -0.2) is 0 Å². The molecule has 4 rings (SSSR count). The maximum Gasteiger partial charge on any atom is 0.0910 e. The summed E-state index contributed by atoms with van der Waals surface area (Å²) in [4.78, 5) is 0. The average Bonchev–Trinajstić information content (AvgIpc) is 2.72. The molecule has 2 bridgehead atoms. The van der Waals surface area contributed by atoms with Gasteiger partial charge in [0.2, 0.25) is 0 Å². The number of aliphatic hydroxyl groups excluding tert-OH is 3. The molecule has 0 saturated heterocycles. The highest BCUT2D eigenvalue weighted by atomic mass is 16.3. The third-order valence-corrected chi connectivity index (χ3v) is 9.08. The predicted octanol–water partition coefficient (Wildman–Crippen LogP) is 2.08. The normalized spacial score (nSPS) is 58.9. The van der Waals surface area contributed by atoms with Gasteiger partial charge in [0.1, 0.15) is 0 Å². The molecule has 24 heavy (non-hydrogen) atoms. The summed E-state index contributed by atoms with van der Waals surface area (Å²) in [7, 11) is 0. The number of hydrogen-bond acceptors (Lipinski definition) is 4. The summed E-state index contributed by atoms with van der Waals surface area (Å²) < 4.78 is 0. The van der Waals surface area contributed by atoms with Gasteiger partial charge in [0.25, 0.3) is 0 Å². The molecule has 0 aromatic heterocycles. The van der Waals surface area contributed by atoms with Crippen molar-refractivity contribution >= 4 is 0 Å². The van der Waals surface area contributed by atoms with Crippen molar-refractivity contribution in [1.29, 1.82) is 0 Å². The van der Waals surface area contributed by atoms with Crippen LogP contribution >= 0.6 is 0 Å². The Morgan fingerprint density at radius 3 is 2.33 bits per heavy atom. The van der Waals surface area contributed by atoms with E-state index in [4.69, 9.17) is 0 Å². The Morgan fingerprint density at radius 2 is 1.67 bits per heavy atom. The van der Waals surface area contributed by atoms with Crippen molar-refractivity contribution in [3.8, 4) is 0 Å². The molecule has 8 unspecified atom stereocenters. The first-order valence-corrected chi connectivity index (χ1v) is 9.78. The highest BCUT2D eigenvalue weighted by Gasteiger charge is 2.68. The van der Waals surface area contributed by atoms with Crippen LogP contribution < -0.4 is 0 Å². The molecular formula is C20H34O4. The van der Waals surface area contributed by atoms with Crippen LogP contribution in [0.25, 0.3) is 0 Å². The molecule has 4 saturated carbocycles. The van der Waals surface area contributed by atoms with E-state index in [1.54, 1.807) is 0 Å². The number of aliphatic hydroxyl groups is 4. The maximum absolute atomic E-state index is 10.9. The first-order chi connectivity index (χ1) is 11.1. The monoisotopic (exact) mass is 338 g/mol. The Labute approximate surface area is 145 Å². The van der Waals surface area contributed by atoms with Gasteiger partial charge in [-0.2, -0.15) is 0 Å². The summed E-state index contributed by atoms with van der Waals surface area (Å²) in [5.74, 6) is 1.10. The highest BCUT2D eigenvalue weighted by molar-refractivity contribution is 5.18. The SMILES string of the molecule is CC1(C)C(O)C(O)CC2(C)C3CCC4CC3(CCC12)CC4(O)CO. The van der Waals surface area contributed by atoms with E-state index in [0.29, 0.717) is 24.7 Å². The number of rotatable bonds is 1. The van der Waals surface area contributed by atoms with Crippen LogP contribution in [0.3, 0.4) is 0 Å². The summed E-state index contributed by atoms with van der Waals surface area (Å²) in [5, 5.41) is 41.9. The molecule has 0 amide bonds.